The average molecular weight is 347 g/mol. The van der Waals surface area contributed by atoms with E-state index in [1.807, 2.05) is 19.1 Å². The van der Waals surface area contributed by atoms with E-state index in [0.29, 0.717) is 12.3 Å². The Morgan fingerprint density at radius 1 is 1.28 bits per heavy atom. The Labute approximate surface area is 146 Å². The molecule has 0 amide bonds. The molecule has 0 atom stereocenters. The molecule has 0 unspecified atom stereocenters. The third-order valence-electron chi connectivity index (χ3n) is 3.96. The molecule has 0 aliphatic carbocycles. The Morgan fingerprint density at radius 3 is 2.56 bits per heavy atom. The lowest BCUT2D eigenvalue weighted by Crippen LogP contribution is -2.37. The zero-order valence-electron chi connectivity index (χ0n) is 14.9. The second kappa shape index (κ2) is 8.00. The lowest BCUT2D eigenvalue weighted by Gasteiger charge is -2.21. The first-order valence-corrected chi connectivity index (χ1v) is 8.49. The van der Waals surface area contributed by atoms with Crippen LogP contribution in [-0.4, -0.2) is 31.4 Å². The van der Waals surface area contributed by atoms with Gasteiger partial charge < -0.3 is 9.84 Å². The molecule has 0 radical (unpaired) electrons. The van der Waals surface area contributed by atoms with Gasteiger partial charge in [0.2, 0.25) is 0 Å². The fourth-order valence-corrected chi connectivity index (χ4v) is 2.51. The van der Waals surface area contributed by atoms with Crippen LogP contribution in [0.3, 0.4) is 0 Å². The predicted molar refractivity (Wildman–Crippen MR) is 93.9 cm³/mol. The van der Waals surface area contributed by atoms with Crippen LogP contribution in [0.15, 0.2) is 29.1 Å². The van der Waals surface area contributed by atoms with Gasteiger partial charge in [-0.05, 0) is 50.8 Å². The first kappa shape index (κ1) is 18.8. The lowest BCUT2D eigenvalue weighted by molar-refractivity contribution is -0.152. The van der Waals surface area contributed by atoms with Gasteiger partial charge in [0.25, 0.3) is 0 Å². The van der Waals surface area contributed by atoms with Gasteiger partial charge in [-0.1, -0.05) is 19.1 Å². The Balaban J connectivity index is 1.90. The predicted octanol–water partition coefficient (Wildman–Crippen LogP) is 2.40. The van der Waals surface area contributed by atoms with Gasteiger partial charge in [0.15, 0.2) is 5.60 Å². The number of carboxylic acid groups (broad SMARTS) is 1. The van der Waals surface area contributed by atoms with Crippen molar-refractivity contribution in [2.24, 2.45) is 0 Å². The number of hydrogen-bond acceptors (Lipinski definition) is 4. The molecule has 1 aromatic carbocycles. The first-order valence-electron chi connectivity index (χ1n) is 8.49. The molecule has 136 valence electrons. The highest BCUT2D eigenvalue weighted by Crippen LogP contribution is 2.20. The van der Waals surface area contributed by atoms with Crippen molar-refractivity contribution in [3.05, 3.63) is 46.1 Å². The molecule has 0 aliphatic rings. The summed E-state index contributed by atoms with van der Waals surface area (Å²) >= 11 is 0. The van der Waals surface area contributed by atoms with Gasteiger partial charge in [0, 0.05) is 13.0 Å². The van der Waals surface area contributed by atoms with Crippen molar-refractivity contribution in [2.45, 2.75) is 58.6 Å². The monoisotopic (exact) mass is 347 g/mol. The minimum atomic E-state index is -1.26. The summed E-state index contributed by atoms with van der Waals surface area (Å²) in [5.74, 6) is 0.309. The number of rotatable bonds is 9. The zero-order chi connectivity index (χ0) is 18.4. The minimum Gasteiger partial charge on any atom is -0.478 e. The summed E-state index contributed by atoms with van der Waals surface area (Å²) in [7, 11) is 0. The molecule has 0 fully saturated rings. The molecule has 2 N–H and O–H groups in total. The number of hydrogen-bond donors (Lipinski definition) is 2. The van der Waals surface area contributed by atoms with Gasteiger partial charge in [-0.25, -0.2) is 14.7 Å². The highest BCUT2D eigenvalue weighted by Gasteiger charge is 2.29. The maximum atomic E-state index is 11.7. The third-order valence-corrected chi connectivity index (χ3v) is 3.96. The standard InChI is InChI=1S/C18H25N3O4/c1-4-12-21-15(19-20-17(21)24)7-5-6-13-8-10-14(11-9-13)25-18(2,3)16(22)23/h8-11H,4-7,12H2,1-3H3,(H,20,24)(H,22,23). The topological polar surface area (TPSA) is 97.2 Å². The molecular formula is C18H25N3O4. The maximum Gasteiger partial charge on any atom is 0.347 e. The van der Waals surface area contributed by atoms with E-state index in [1.165, 1.54) is 13.8 Å². The van der Waals surface area contributed by atoms with Crippen LogP contribution in [0.25, 0.3) is 0 Å². The van der Waals surface area contributed by atoms with Crippen molar-refractivity contribution in [1.29, 1.82) is 0 Å². The summed E-state index contributed by atoms with van der Waals surface area (Å²) < 4.78 is 7.17. The van der Waals surface area contributed by atoms with Gasteiger partial charge in [0.1, 0.15) is 11.6 Å². The van der Waals surface area contributed by atoms with Crippen LogP contribution in [0.1, 0.15) is 45.0 Å². The zero-order valence-corrected chi connectivity index (χ0v) is 14.9. The molecule has 0 aliphatic heterocycles. The quantitative estimate of drug-likeness (QED) is 0.726. The minimum absolute atomic E-state index is 0.153. The van der Waals surface area contributed by atoms with E-state index in [1.54, 1.807) is 16.7 Å². The number of nitrogens with zero attached hydrogens (tertiary/aromatic N) is 2. The molecule has 7 heteroatoms. The fraction of sp³-hybridized carbons (Fsp3) is 0.500. The average Bonchev–Trinajstić information content (AvgIpc) is 2.90. The highest BCUT2D eigenvalue weighted by molar-refractivity contribution is 5.76. The largest absolute Gasteiger partial charge is 0.478 e. The Kier molecular flexibility index (Phi) is 6.01. The summed E-state index contributed by atoms with van der Waals surface area (Å²) in [5, 5.41) is 15.7. The van der Waals surface area contributed by atoms with E-state index in [9.17, 15) is 9.59 Å². The molecule has 7 nitrogen and oxygen atoms in total. The van der Waals surface area contributed by atoms with Crippen molar-refractivity contribution in [3.63, 3.8) is 0 Å². The number of benzene rings is 1. The summed E-state index contributed by atoms with van der Waals surface area (Å²) in [6, 6.07) is 7.41. The second-order valence-corrected chi connectivity index (χ2v) is 6.51. The normalized spacial score (nSPS) is 11.5. The Morgan fingerprint density at radius 2 is 1.96 bits per heavy atom. The number of aromatic amines is 1. The number of aromatic nitrogens is 3. The van der Waals surface area contributed by atoms with Crippen LogP contribution in [0.2, 0.25) is 0 Å². The summed E-state index contributed by atoms with van der Waals surface area (Å²) in [6.45, 7) is 5.74. The number of aliphatic carboxylic acids is 1. The Hall–Kier alpha value is -2.57. The number of ether oxygens (including phenoxy) is 1. The first-order chi connectivity index (χ1) is 11.8. The third kappa shape index (κ3) is 4.95. The van der Waals surface area contributed by atoms with E-state index in [0.717, 1.165) is 37.1 Å². The van der Waals surface area contributed by atoms with E-state index >= 15 is 0 Å². The van der Waals surface area contributed by atoms with Crippen LogP contribution >= 0.6 is 0 Å². The second-order valence-electron chi connectivity index (χ2n) is 6.51. The van der Waals surface area contributed by atoms with Crippen molar-refractivity contribution in [3.8, 4) is 5.75 Å². The van der Waals surface area contributed by atoms with Crippen LogP contribution in [-0.2, 0) is 24.2 Å². The molecule has 2 rings (SSSR count). The van der Waals surface area contributed by atoms with E-state index in [2.05, 4.69) is 10.2 Å². The van der Waals surface area contributed by atoms with Gasteiger partial charge in [-0.2, -0.15) is 5.10 Å². The van der Waals surface area contributed by atoms with Crippen molar-refractivity contribution in [2.75, 3.05) is 0 Å². The van der Waals surface area contributed by atoms with E-state index < -0.39 is 11.6 Å². The molecule has 0 bridgehead atoms. The molecular weight excluding hydrogens is 322 g/mol. The van der Waals surface area contributed by atoms with Crippen LogP contribution in [0.5, 0.6) is 5.75 Å². The van der Waals surface area contributed by atoms with Crippen molar-refractivity contribution < 1.29 is 14.6 Å². The summed E-state index contributed by atoms with van der Waals surface area (Å²) in [5.41, 5.74) is -0.287. The number of aryl methyl sites for hydroxylation is 2. The van der Waals surface area contributed by atoms with Crippen molar-refractivity contribution >= 4 is 5.97 Å². The van der Waals surface area contributed by atoms with Crippen LogP contribution in [0, 0.1) is 0 Å². The number of H-pyrrole nitrogens is 1. The molecule has 1 heterocycles. The number of carboxylic acids is 1. The molecule has 0 saturated heterocycles. The van der Waals surface area contributed by atoms with Gasteiger partial charge in [-0.15, -0.1) is 0 Å². The molecule has 0 saturated carbocycles. The molecule has 25 heavy (non-hydrogen) atoms. The highest BCUT2D eigenvalue weighted by atomic mass is 16.5. The van der Waals surface area contributed by atoms with E-state index in [4.69, 9.17) is 9.84 Å². The summed E-state index contributed by atoms with van der Waals surface area (Å²) in [6.07, 6.45) is 3.33. The molecule has 2 aromatic rings. The van der Waals surface area contributed by atoms with Crippen LogP contribution < -0.4 is 10.4 Å². The van der Waals surface area contributed by atoms with Crippen LogP contribution in [0.4, 0.5) is 0 Å². The van der Waals surface area contributed by atoms with Gasteiger partial charge in [0.05, 0.1) is 0 Å². The molecule has 1 aromatic heterocycles. The smallest absolute Gasteiger partial charge is 0.347 e. The van der Waals surface area contributed by atoms with Gasteiger partial charge >= 0.3 is 11.7 Å². The van der Waals surface area contributed by atoms with Gasteiger partial charge in [-0.3, -0.25) is 4.57 Å². The molecule has 0 spiro atoms. The number of carbonyl (C=O) groups is 1. The SMILES string of the molecule is CCCn1c(CCCc2ccc(OC(C)(C)C(=O)O)cc2)n[nH]c1=O. The Bertz CT molecular complexity index is 759. The maximum absolute atomic E-state index is 11.7. The lowest BCUT2D eigenvalue weighted by atomic mass is 10.1. The van der Waals surface area contributed by atoms with E-state index in [-0.39, 0.29) is 5.69 Å². The number of nitrogens with one attached hydrogen (secondary N) is 1. The van der Waals surface area contributed by atoms with Crippen molar-refractivity contribution in [1.82, 2.24) is 14.8 Å². The summed E-state index contributed by atoms with van der Waals surface area (Å²) in [4.78, 5) is 22.7. The fourth-order valence-electron chi connectivity index (χ4n) is 2.51.